The molecule has 2 fully saturated rings. The van der Waals surface area contributed by atoms with Gasteiger partial charge in [-0.1, -0.05) is 69.2 Å². The van der Waals surface area contributed by atoms with Gasteiger partial charge in [0.2, 0.25) is 0 Å². The minimum atomic E-state index is 0.855. The summed E-state index contributed by atoms with van der Waals surface area (Å²) in [4.78, 5) is 0. The van der Waals surface area contributed by atoms with Gasteiger partial charge in [0.1, 0.15) is 0 Å². The van der Waals surface area contributed by atoms with Crippen LogP contribution >= 0.6 is 11.6 Å². The fraction of sp³-hybridized carbons (Fsp3) is 0.739. The predicted octanol–water partition coefficient (Wildman–Crippen LogP) is 7.69. The first-order chi connectivity index (χ1) is 11.7. The van der Waals surface area contributed by atoms with Crippen LogP contribution in [0, 0.1) is 23.7 Å². The van der Waals surface area contributed by atoms with Crippen LogP contribution in [-0.2, 0) is 6.42 Å². The number of rotatable bonds is 6. The van der Waals surface area contributed by atoms with Crippen molar-refractivity contribution in [1.82, 2.24) is 0 Å². The lowest BCUT2D eigenvalue weighted by Crippen LogP contribution is -2.26. The van der Waals surface area contributed by atoms with Crippen molar-refractivity contribution in [3.8, 4) is 0 Å². The summed E-state index contributed by atoms with van der Waals surface area (Å²) in [5.41, 5.74) is 1.45. The van der Waals surface area contributed by atoms with E-state index in [9.17, 15) is 0 Å². The maximum atomic E-state index is 5.98. The first kappa shape index (κ1) is 18.3. The third kappa shape index (κ3) is 5.25. The molecule has 0 N–H and O–H groups in total. The molecular formula is C23H35Cl. The molecule has 0 unspecified atom stereocenters. The fourth-order valence-electron chi connectivity index (χ4n) is 5.33. The van der Waals surface area contributed by atoms with E-state index in [4.69, 9.17) is 11.6 Å². The monoisotopic (exact) mass is 346 g/mol. The smallest absolute Gasteiger partial charge is 0.0406 e. The highest BCUT2D eigenvalue weighted by atomic mass is 35.5. The van der Waals surface area contributed by atoms with Crippen molar-refractivity contribution in [3.63, 3.8) is 0 Å². The number of benzene rings is 1. The standard InChI is InChI=1S/C23H35Cl/c1-2-3-18-6-12-21(13-7-18)22-14-8-19(9-15-22)4-5-20-10-16-23(24)17-11-20/h10-11,16-19,21-22H,2-9,12-15H2,1H3/t18-,19?,21-,22?. The molecule has 0 amide bonds. The van der Waals surface area contributed by atoms with Gasteiger partial charge < -0.3 is 0 Å². The van der Waals surface area contributed by atoms with Gasteiger partial charge in [-0.3, -0.25) is 0 Å². The molecule has 2 aliphatic carbocycles. The lowest BCUT2D eigenvalue weighted by Gasteiger charge is -2.38. The molecule has 1 heteroatoms. The molecule has 0 bridgehead atoms. The molecule has 2 aliphatic rings. The number of hydrogen-bond acceptors (Lipinski definition) is 0. The Morgan fingerprint density at radius 2 is 1.25 bits per heavy atom. The van der Waals surface area contributed by atoms with Gasteiger partial charge in [-0.25, -0.2) is 0 Å². The van der Waals surface area contributed by atoms with Crippen molar-refractivity contribution < 1.29 is 0 Å². The van der Waals surface area contributed by atoms with E-state index in [-0.39, 0.29) is 0 Å². The van der Waals surface area contributed by atoms with Gasteiger partial charge in [-0.2, -0.15) is 0 Å². The Bertz CT molecular complexity index is 461. The van der Waals surface area contributed by atoms with E-state index in [0.29, 0.717) is 0 Å². The van der Waals surface area contributed by atoms with E-state index in [0.717, 1.165) is 28.7 Å². The Kier molecular flexibility index (Phi) is 7.07. The van der Waals surface area contributed by atoms with Crippen LogP contribution in [0.1, 0.15) is 83.1 Å². The second-order valence-electron chi connectivity index (χ2n) is 8.52. The van der Waals surface area contributed by atoms with Gasteiger partial charge in [-0.05, 0) is 79.9 Å². The average Bonchev–Trinajstić information content (AvgIpc) is 2.63. The van der Waals surface area contributed by atoms with Gasteiger partial charge in [-0.15, -0.1) is 0 Å². The summed E-state index contributed by atoms with van der Waals surface area (Å²) in [6, 6.07) is 8.46. The summed E-state index contributed by atoms with van der Waals surface area (Å²) in [5, 5.41) is 0.855. The number of halogens is 1. The molecule has 0 atom stereocenters. The summed E-state index contributed by atoms with van der Waals surface area (Å²) in [6.07, 6.45) is 17.5. The summed E-state index contributed by atoms with van der Waals surface area (Å²) in [5.74, 6) is 4.14. The van der Waals surface area contributed by atoms with E-state index < -0.39 is 0 Å². The normalized spacial score (nSPS) is 31.1. The maximum Gasteiger partial charge on any atom is 0.0406 e. The van der Waals surface area contributed by atoms with E-state index >= 15 is 0 Å². The molecule has 0 saturated heterocycles. The third-order valence-corrected chi connectivity index (χ3v) is 7.15. The second-order valence-corrected chi connectivity index (χ2v) is 8.95. The van der Waals surface area contributed by atoms with Gasteiger partial charge in [0.25, 0.3) is 0 Å². The molecule has 0 aliphatic heterocycles. The molecule has 3 rings (SSSR count). The van der Waals surface area contributed by atoms with Gasteiger partial charge in [0.05, 0.1) is 0 Å². The Labute approximate surface area is 154 Å². The molecule has 0 aromatic heterocycles. The molecule has 1 aromatic carbocycles. The van der Waals surface area contributed by atoms with Crippen molar-refractivity contribution in [1.29, 1.82) is 0 Å². The highest BCUT2D eigenvalue weighted by Gasteiger charge is 2.30. The maximum absolute atomic E-state index is 5.98. The second kappa shape index (κ2) is 9.27. The van der Waals surface area contributed by atoms with Gasteiger partial charge in [0.15, 0.2) is 0 Å². The molecule has 0 heterocycles. The summed E-state index contributed by atoms with van der Waals surface area (Å²) in [7, 11) is 0. The zero-order chi connectivity index (χ0) is 16.8. The van der Waals surface area contributed by atoms with Crippen LogP contribution in [0.4, 0.5) is 0 Å². The Morgan fingerprint density at radius 1 is 0.750 bits per heavy atom. The molecule has 0 spiro atoms. The van der Waals surface area contributed by atoms with Crippen molar-refractivity contribution >= 4 is 11.6 Å². The number of aryl methyl sites for hydroxylation is 1. The Morgan fingerprint density at radius 3 is 1.75 bits per heavy atom. The van der Waals surface area contributed by atoms with E-state index in [1.165, 1.54) is 82.6 Å². The van der Waals surface area contributed by atoms with E-state index in [2.05, 4.69) is 19.1 Å². The first-order valence-corrected chi connectivity index (χ1v) is 10.9. The van der Waals surface area contributed by atoms with Crippen molar-refractivity contribution in [2.75, 3.05) is 0 Å². The summed E-state index contributed by atoms with van der Waals surface area (Å²) < 4.78 is 0. The van der Waals surface area contributed by atoms with Crippen molar-refractivity contribution in [3.05, 3.63) is 34.9 Å². The van der Waals surface area contributed by atoms with Crippen LogP contribution < -0.4 is 0 Å². The molecule has 0 nitrogen and oxygen atoms in total. The molecule has 2 saturated carbocycles. The quantitative estimate of drug-likeness (QED) is 0.495. The van der Waals surface area contributed by atoms with E-state index in [1.807, 2.05) is 12.1 Å². The van der Waals surface area contributed by atoms with Gasteiger partial charge in [0, 0.05) is 5.02 Å². The fourth-order valence-corrected chi connectivity index (χ4v) is 5.45. The SMILES string of the molecule is CCC[C@H]1CC[C@H](C2CCC(CCc3ccc(Cl)cc3)CC2)CC1. The highest BCUT2D eigenvalue weighted by Crippen LogP contribution is 2.42. The minimum Gasteiger partial charge on any atom is -0.0843 e. The third-order valence-electron chi connectivity index (χ3n) is 6.90. The number of hydrogen-bond donors (Lipinski definition) is 0. The lowest BCUT2D eigenvalue weighted by atomic mass is 9.68. The topological polar surface area (TPSA) is 0 Å². The minimum absolute atomic E-state index is 0.855. The largest absolute Gasteiger partial charge is 0.0843 e. The summed E-state index contributed by atoms with van der Waals surface area (Å²) in [6.45, 7) is 2.34. The zero-order valence-corrected chi connectivity index (χ0v) is 16.2. The zero-order valence-electron chi connectivity index (χ0n) is 15.5. The molecule has 134 valence electrons. The molecule has 24 heavy (non-hydrogen) atoms. The summed E-state index contributed by atoms with van der Waals surface area (Å²) >= 11 is 5.98. The molecule has 0 radical (unpaired) electrons. The molecule has 1 aromatic rings. The van der Waals surface area contributed by atoms with Crippen molar-refractivity contribution in [2.45, 2.75) is 84.0 Å². The van der Waals surface area contributed by atoms with Crippen LogP contribution in [0.3, 0.4) is 0 Å². The van der Waals surface area contributed by atoms with Gasteiger partial charge >= 0.3 is 0 Å². The highest BCUT2D eigenvalue weighted by molar-refractivity contribution is 6.30. The Hall–Kier alpha value is -0.490. The van der Waals surface area contributed by atoms with Crippen LogP contribution in [-0.4, -0.2) is 0 Å². The lowest BCUT2D eigenvalue weighted by molar-refractivity contribution is 0.141. The van der Waals surface area contributed by atoms with Crippen molar-refractivity contribution in [2.24, 2.45) is 23.7 Å². The molecular weight excluding hydrogens is 312 g/mol. The Balaban J connectivity index is 1.36. The first-order valence-electron chi connectivity index (χ1n) is 10.5. The average molecular weight is 347 g/mol. The van der Waals surface area contributed by atoms with E-state index in [1.54, 1.807) is 0 Å². The van der Waals surface area contributed by atoms with Crippen LogP contribution in [0.15, 0.2) is 24.3 Å². The van der Waals surface area contributed by atoms with Crippen LogP contribution in [0.5, 0.6) is 0 Å². The predicted molar refractivity (Wildman–Crippen MR) is 106 cm³/mol. The van der Waals surface area contributed by atoms with Crippen LogP contribution in [0.2, 0.25) is 5.02 Å². The van der Waals surface area contributed by atoms with Crippen LogP contribution in [0.25, 0.3) is 0 Å².